The van der Waals surface area contributed by atoms with E-state index in [-0.39, 0.29) is 34.6 Å². The van der Waals surface area contributed by atoms with Gasteiger partial charge >= 0.3 is 6.18 Å². The Bertz CT molecular complexity index is 1300. The molecule has 0 heterocycles. The van der Waals surface area contributed by atoms with Crippen LogP contribution in [0.25, 0.3) is 0 Å². The molecule has 0 atom stereocenters. The molecule has 0 bridgehead atoms. The van der Waals surface area contributed by atoms with E-state index in [2.05, 4.69) is 10.3 Å². The molecular formula is C25H21F3N4O3. The van der Waals surface area contributed by atoms with Crippen LogP contribution in [0.5, 0.6) is 11.5 Å². The SMILES string of the molecule is NC(=NC(=O)C1CC1)c1ccc(Oc2cccc(C(=O)Nc3ccc(C(F)(F)F)cc3)c2)cc1N. The molecule has 0 radical (unpaired) electrons. The maximum atomic E-state index is 12.7. The molecular weight excluding hydrogens is 461 g/mol. The van der Waals surface area contributed by atoms with Crippen LogP contribution in [0.3, 0.4) is 0 Å². The van der Waals surface area contributed by atoms with Crippen molar-refractivity contribution in [3.8, 4) is 11.5 Å². The Morgan fingerprint density at radius 1 is 0.971 bits per heavy atom. The number of nitrogen functional groups attached to an aromatic ring is 1. The van der Waals surface area contributed by atoms with Crippen molar-refractivity contribution in [2.24, 2.45) is 16.6 Å². The van der Waals surface area contributed by atoms with Gasteiger partial charge in [-0.2, -0.15) is 18.2 Å². The molecule has 10 heteroatoms. The second-order valence-electron chi connectivity index (χ2n) is 8.02. The van der Waals surface area contributed by atoms with Gasteiger partial charge in [0.05, 0.1) is 5.56 Å². The summed E-state index contributed by atoms with van der Waals surface area (Å²) < 4.78 is 43.9. The number of nitrogens with one attached hydrogen (secondary N) is 1. The average molecular weight is 482 g/mol. The summed E-state index contributed by atoms with van der Waals surface area (Å²) in [5, 5.41) is 2.55. The van der Waals surface area contributed by atoms with Crippen molar-refractivity contribution in [3.05, 3.63) is 83.4 Å². The number of carbonyl (C=O) groups excluding carboxylic acids is 2. The summed E-state index contributed by atoms with van der Waals surface area (Å²) in [6, 6.07) is 15.1. The van der Waals surface area contributed by atoms with Crippen LogP contribution in [-0.4, -0.2) is 17.6 Å². The van der Waals surface area contributed by atoms with Gasteiger partial charge in [0, 0.05) is 34.5 Å². The van der Waals surface area contributed by atoms with Gasteiger partial charge in [0.1, 0.15) is 17.3 Å². The molecule has 3 aromatic rings. The molecule has 7 nitrogen and oxygen atoms in total. The van der Waals surface area contributed by atoms with Crippen molar-refractivity contribution in [1.82, 2.24) is 0 Å². The van der Waals surface area contributed by atoms with Crippen LogP contribution in [0, 0.1) is 5.92 Å². The molecule has 0 aromatic heterocycles. The fraction of sp³-hybridized carbons (Fsp3) is 0.160. The maximum Gasteiger partial charge on any atom is 0.416 e. The van der Waals surface area contributed by atoms with Gasteiger partial charge in [-0.3, -0.25) is 9.59 Å². The van der Waals surface area contributed by atoms with Crippen LogP contribution in [0.4, 0.5) is 24.5 Å². The minimum Gasteiger partial charge on any atom is -0.457 e. The van der Waals surface area contributed by atoms with Gasteiger partial charge in [0.25, 0.3) is 11.8 Å². The number of hydrogen-bond donors (Lipinski definition) is 3. The first kappa shape index (κ1) is 23.8. The number of hydrogen-bond acceptors (Lipinski definition) is 4. The van der Waals surface area contributed by atoms with Gasteiger partial charge in [-0.15, -0.1) is 0 Å². The minimum absolute atomic E-state index is 0.0351. The Kier molecular flexibility index (Phi) is 6.46. The number of alkyl halides is 3. The molecule has 180 valence electrons. The Morgan fingerprint density at radius 3 is 2.29 bits per heavy atom. The second-order valence-corrected chi connectivity index (χ2v) is 8.02. The molecule has 1 aliphatic rings. The monoisotopic (exact) mass is 482 g/mol. The molecule has 35 heavy (non-hydrogen) atoms. The highest BCUT2D eigenvalue weighted by molar-refractivity contribution is 6.08. The Balaban J connectivity index is 1.44. The lowest BCUT2D eigenvalue weighted by Gasteiger charge is -2.11. The predicted octanol–water partition coefficient (Wildman–Crippen LogP) is 4.97. The normalized spacial score (nSPS) is 13.9. The molecule has 1 aliphatic carbocycles. The van der Waals surface area contributed by atoms with Gasteiger partial charge in [-0.05, 0) is 67.4 Å². The summed E-state index contributed by atoms with van der Waals surface area (Å²) in [6.07, 6.45) is -2.82. The Hall–Kier alpha value is -4.34. The average Bonchev–Trinajstić information content (AvgIpc) is 3.65. The number of anilines is 2. The first-order valence-corrected chi connectivity index (χ1v) is 10.6. The van der Waals surface area contributed by atoms with Crippen LogP contribution in [-0.2, 0) is 11.0 Å². The zero-order chi connectivity index (χ0) is 25.2. The molecule has 3 aromatic carbocycles. The summed E-state index contributed by atoms with van der Waals surface area (Å²) in [6.45, 7) is 0. The molecule has 2 amide bonds. The van der Waals surface area contributed by atoms with E-state index in [1.807, 2.05) is 0 Å². The van der Waals surface area contributed by atoms with Crippen molar-refractivity contribution in [1.29, 1.82) is 0 Å². The number of rotatable bonds is 6. The van der Waals surface area contributed by atoms with Gasteiger partial charge in [-0.25, -0.2) is 0 Å². The summed E-state index contributed by atoms with van der Waals surface area (Å²) in [5.41, 5.74) is 12.3. The van der Waals surface area contributed by atoms with E-state index in [9.17, 15) is 22.8 Å². The summed E-state index contributed by atoms with van der Waals surface area (Å²) in [4.78, 5) is 28.3. The quantitative estimate of drug-likeness (QED) is 0.260. The third kappa shape index (κ3) is 5.97. The second kappa shape index (κ2) is 9.49. The molecule has 0 spiro atoms. The van der Waals surface area contributed by atoms with Crippen molar-refractivity contribution < 1.29 is 27.5 Å². The number of aliphatic imine (C=N–C) groups is 1. The topological polar surface area (TPSA) is 120 Å². The first-order chi connectivity index (χ1) is 16.6. The number of nitrogens with zero attached hydrogens (tertiary/aromatic N) is 1. The van der Waals surface area contributed by atoms with Gasteiger partial charge in [0.2, 0.25) is 0 Å². The van der Waals surface area contributed by atoms with Gasteiger partial charge in [-0.1, -0.05) is 6.07 Å². The third-order valence-electron chi connectivity index (χ3n) is 5.26. The zero-order valence-electron chi connectivity index (χ0n) is 18.3. The minimum atomic E-state index is -4.46. The van der Waals surface area contributed by atoms with Crippen LogP contribution in [0.2, 0.25) is 0 Å². The number of nitrogens with two attached hydrogens (primary N) is 2. The lowest BCUT2D eigenvalue weighted by Crippen LogP contribution is -2.18. The predicted molar refractivity (Wildman–Crippen MR) is 125 cm³/mol. The standard InChI is InChI=1S/C25H21F3N4O3/c26-25(27,28)16-6-8-17(9-7-16)31-24(34)15-2-1-3-18(12-15)35-19-10-11-20(21(29)13-19)22(30)32-23(33)14-4-5-14/h1-3,6-14H,4-5,29H2,(H,31,34)(H2,30,32,33). The van der Waals surface area contributed by atoms with Crippen LogP contribution in [0.1, 0.15) is 34.3 Å². The zero-order valence-corrected chi connectivity index (χ0v) is 18.3. The fourth-order valence-electron chi connectivity index (χ4n) is 3.22. The lowest BCUT2D eigenvalue weighted by molar-refractivity contribution is -0.137. The number of ether oxygens (including phenoxy) is 1. The van der Waals surface area contributed by atoms with E-state index in [1.54, 1.807) is 24.3 Å². The highest BCUT2D eigenvalue weighted by Crippen LogP contribution is 2.31. The summed E-state index contributed by atoms with van der Waals surface area (Å²) >= 11 is 0. The third-order valence-corrected chi connectivity index (χ3v) is 5.26. The number of halogens is 3. The number of carbonyl (C=O) groups is 2. The molecule has 4 rings (SSSR count). The number of amidine groups is 1. The first-order valence-electron chi connectivity index (χ1n) is 10.6. The van der Waals surface area contributed by atoms with E-state index >= 15 is 0 Å². The Labute approximate surface area is 198 Å². The van der Waals surface area contributed by atoms with E-state index in [1.165, 1.54) is 30.3 Å². The molecule has 1 saturated carbocycles. The number of amides is 2. The smallest absolute Gasteiger partial charge is 0.416 e. The van der Waals surface area contributed by atoms with Crippen molar-refractivity contribution in [2.45, 2.75) is 19.0 Å². The van der Waals surface area contributed by atoms with Crippen LogP contribution < -0.4 is 21.5 Å². The van der Waals surface area contributed by atoms with E-state index < -0.39 is 17.6 Å². The van der Waals surface area contributed by atoms with Crippen LogP contribution >= 0.6 is 0 Å². The van der Waals surface area contributed by atoms with Crippen molar-refractivity contribution in [3.63, 3.8) is 0 Å². The highest BCUT2D eigenvalue weighted by Gasteiger charge is 2.30. The summed E-state index contributed by atoms with van der Waals surface area (Å²) in [5.74, 6) is -0.0902. The molecule has 5 N–H and O–H groups in total. The van der Waals surface area contributed by atoms with E-state index in [4.69, 9.17) is 16.2 Å². The van der Waals surface area contributed by atoms with Gasteiger partial charge in [0.15, 0.2) is 0 Å². The highest BCUT2D eigenvalue weighted by atomic mass is 19.4. The van der Waals surface area contributed by atoms with E-state index in [0.29, 0.717) is 17.1 Å². The molecule has 1 fully saturated rings. The lowest BCUT2D eigenvalue weighted by atomic mass is 10.1. The molecule has 0 saturated heterocycles. The maximum absolute atomic E-state index is 12.7. The molecule has 0 unspecified atom stereocenters. The fourth-order valence-corrected chi connectivity index (χ4v) is 3.22. The molecule has 0 aliphatic heterocycles. The van der Waals surface area contributed by atoms with E-state index in [0.717, 1.165) is 25.0 Å². The van der Waals surface area contributed by atoms with Gasteiger partial charge < -0.3 is 21.5 Å². The van der Waals surface area contributed by atoms with Crippen molar-refractivity contribution >= 4 is 29.0 Å². The Morgan fingerprint density at radius 2 is 1.66 bits per heavy atom. The summed E-state index contributed by atoms with van der Waals surface area (Å²) in [7, 11) is 0. The van der Waals surface area contributed by atoms with Crippen molar-refractivity contribution in [2.75, 3.05) is 11.1 Å². The largest absolute Gasteiger partial charge is 0.457 e. The number of benzene rings is 3. The van der Waals surface area contributed by atoms with Crippen LogP contribution in [0.15, 0.2) is 71.7 Å².